The molecule has 6 nitrogen and oxygen atoms in total. The van der Waals surface area contributed by atoms with E-state index in [-0.39, 0.29) is 28.8 Å². The summed E-state index contributed by atoms with van der Waals surface area (Å²) in [5.41, 5.74) is 1.21. The second-order valence-corrected chi connectivity index (χ2v) is 5.87. The first-order valence-electron chi connectivity index (χ1n) is 8.02. The van der Waals surface area contributed by atoms with Crippen molar-refractivity contribution in [3.05, 3.63) is 64.7 Å². The number of methoxy groups -OCH3 is 1. The minimum atomic E-state index is -0.574. The lowest BCUT2D eigenvalue weighted by molar-refractivity contribution is -0.116. The van der Waals surface area contributed by atoms with Gasteiger partial charge < -0.3 is 15.4 Å². The number of carbonyl (C=O) groups excluding carboxylic acids is 3. The van der Waals surface area contributed by atoms with Crippen LogP contribution in [0.15, 0.2) is 48.5 Å². The fourth-order valence-electron chi connectivity index (χ4n) is 2.24. The van der Waals surface area contributed by atoms with E-state index in [9.17, 15) is 14.4 Å². The molecule has 0 atom stereocenters. The summed E-state index contributed by atoms with van der Waals surface area (Å²) in [6, 6.07) is 13.4. The van der Waals surface area contributed by atoms with Crippen molar-refractivity contribution in [1.82, 2.24) is 5.32 Å². The minimum absolute atomic E-state index is 0.175. The van der Waals surface area contributed by atoms with Crippen LogP contribution >= 0.6 is 11.6 Å². The Balaban J connectivity index is 1.79. The van der Waals surface area contributed by atoms with Crippen LogP contribution in [0.4, 0.5) is 5.69 Å². The number of hydrogen-bond donors (Lipinski definition) is 2. The number of anilines is 1. The van der Waals surface area contributed by atoms with E-state index >= 15 is 0 Å². The molecule has 136 valence electrons. The molecule has 2 rings (SSSR count). The predicted octanol–water partition coefficient (Wildman–Crippen LogP) is 3.28. The molecular weight excluding hydrogens is 356 g/mol. The molecule has 0 aliphatic carbocycles. The molecule has 0 saturated heterocycles. The number of ether oxygens (including phenoxy) is 1. The van der Waals surface area contributed by atoms with Crippen molar-refractivity contribution in [2.45, 2.75) is 12.8 Å². The molecule has 7 heteroatoms. The van der Waals surface area contributed by atoms with Crippen molar-refractivity contribution in [1.29, 1.82) is 0 Å². The first kappa shape index (κ1) is 19.5. The van der Waals surface area contributed by atoms with Crippen LogP contribution in [0.2, 0.25) is 5.02 Å². The summed E-state index contributed by atoms with van der Waals surface area (Å²) in [4.78, 5) is 35.5. The van der Waals surface area contributed by atoms with E-state index in [0.717, 1.165) is 0 Å². The third kappa shape index (κ3) is 5.60. The molecule has 0 spiro atoms. The topological polar surface area (TPSA) is 84.5 Å². The molecule has 2 N–H and O–H groups in total. The Kier molecular flexibility index (Phi) is 7.17. The molecule has 26 heavy (non-hydrogen) atoms. The zero-order valence-electron chi connectivity index (χ0n) is 14.3. The highest BCUT2D eigenvalue weighted by atomic mass is 35.5. The van der Waals surface area contributed by atoms with Crippen molar-refractivity contribution in [3.63, 3.8) is 0 Å². The Labute approximate surface area is 156 Å². The third-order valence-corrected chi connectivity index (χ3v) is 3.89. The lowest BCUT2D eigenvalue weighted by Gasteiger charge is -2.09. The van der Waals surface area contributed by atoms with Gasteiger partial charge in [-0.1, -0.05) is 29.8 Å². The molecular formula is C19H19ClN2O4. The van der Waals surface area contributed by atoms with E-state index in [4.69, 9.17) is 11.6 Å². The standard InChI is InChI=1S/C19H19ClN2O4/c1-26-19(25)15-12-14(9-10-16(15)20)22-17(23)8-5-11-21-18(24)13-6-3-2-4-7-13/h2-4,6-7,9-10,12H,5,8,11H2,1H3,(H,21,24)(H,22,23). The van der Waals surface area contributed by atoms with Gasteiger partial charge in [0.1, 0.15) is 0 Å². The Morgan fingerprint density at radius 2 is 1.81 bits per heavy atom. The number of rotatable bonds is 7. The van der Waals surface area contributed by atoms with Crippen LogP contribution < -0.4 is 10.6 Å². The van der Waals surface area contributed by atoms with Crippen molar-refractivity contribution >= 4 is 35.1 Å². The Hall–Kier alpha value is -2.86. The van der Waals surface area contributed by atoms with Crippen LogP contribution in [0.5, 0.6) is 0 Å². The lowest BCUT2D eigenvalue weighted by atomic mass is 10.2. The summed E-state index contributed by atoms with van der Waals surface area (Å²) in [6.45, 7) is 0.384. The van der Waals surface area contributed by atoms with Crippen LogP contribution in [0, 0.1) is 0 Å². The maximum absolute atomic E-state index is 12.0. The smallest absolute Gasteiger partial charge is 0.339 e. The molecule has 0 aromatic heterocycles. The Bertz CT molecular complexity index is 793. The van der Waals surface area contributed by atoms with Gasteiger partial charge in [-0.2, -0.15) is 0 Å². The number of carbonyl (C=O) groups is 3. The van der Waals surface area contributed by atoms with Crippen LogP contribution in [0.3, 0.4) is 0 Å². The highest BCUT2D eigenvalue weighted by Gasteiger charge is 2.12. The van der Waals surface area contributed by atoms with Gasteiger partial charge >= 0.3 is 5.97 Å². The molecule has 0 unspecified atom stereocenters. The molecule has 0 saturated carbocycles. The Morgan fingerprint density at radius 3 is 2.50 bits per heavy atom. The molecule has 0 bridgehead atoms. The van der Waals surface area contributed by atoms with Gasteiger partial charge in [0, 0.05) is 24.2 Å². The van der Waals surface area contributed by atoms with Gasteiger partial charge in [-0.15, -0.1) is 0 Å². The van der Waals surface area contributed by atoms with E-state index < -0.39 is 5.97 Å². The van der Waals surface area contributed by atoms with Gasteiger partial charge in [-0.05, 0) is 36.8 Å². The summed E-state index contributed by atoms with van der Waals surface area (Å²) in [6.07, 6.45) is 0.715. The highest BCUT2D eigenvalue weighted by molar-refractivity contribution is 6.33. The average molecular weight is 375 g/mol. The van der Waals surface area contributed by atoms with Gasteiger partial charge in [0.15, 0.2) is 0 Å². The van der Waals surface area contributed by atoms with Crippen LogP contribution in [-0.4, -0.2) is 31.4 Å². The predicted molar refractivity (Wildman–Crippen MR) is 99.4 cm³/mol. The van der Waals surface area contributed by atoms with Gasteiger partial charge in [-0.3, -0.25) is 9.59 Å². The van der Waals surface area contributed by atoms with Gasteiger partial charge in [0.25, 0.3) is 5.91 Å². The number of benzene rings is 2. The highest BCUT2D eigenvalue weighted by Crippen LogP contribution is 2.21. The normalized spacial score (nSPS) is 10.1. The average Bonchev–Trinajstić information content (AvgIpc) is 2.66. The van der Waals surface area contributed by atoms with Crippen LogP contribution in [0.25, 0.3) is 0 Å². The van der Waals surface area contributed by atoms with Gasteiger partial charge in [0.2, 0.25) is 5.91 Å². The van der Waals surface area contributed by atoms with E-state index in [1.54, 1.807) is 30.3 Å². The number of esters is 1. The monoisotopic (exact) mass is 374 g/mol. The molecule has 2 aromatic carbocycles. The minimum Gasteiger partial charge on any atom is -0.465 e. The number of nitrogens with one attached hydrogen (secondary N) is 2. The second kappa shape index (κ2) is 9.58. The maximum Gasteiger partial charge on any atom is 0.339 e. The summed E-state index contributed by atoms with van der Waals surface area (Å²) < 4.78 is 4.64. The van der Waals surface area contributed by atoms with E-state index in [0.29, 0.717) is 24.2 Å². The molecule has 0 fully saturated rings. The lowest BCUT2D eigenvalue weighted by Crippen LogP contribution is -2.25. The summed E-state index contributed by atoms with van der Waals surface area (Å²) in [7, 11) is 1.26. The van der Waals surface area contributed by atoms with Crippen molar-refractivity contribution in [3.8, 4) is 0 Å². The molecule has 0 aliphatic rings. The van der Waals surface area contributed by atoms with E-state index in [1.165, 1.54) is 19.2 Å². The summed E-state index contributed by atoms with van der Waals surface area (Å²) in [5, 5.41) is 5.70. The zero-order valence-corrected chi connectivity index (χ0v) is 15.0. The SMILES string of the molecule is COC(=O)c1cc(NC(=O)CCCNC(=O)c2ccccc2)ccc1Cl. The first-order chi connectivity index (χ1) is 12.5. The summed E-state index contributed by atoms with van der Waals surface area (Å²) >= 11 is 5.94. The van der Waals surface area contributed by atoms with E-state index in [1.807, 2.05) is 6.07 Å². The number of halogens is 1. The molecule has 2 amide bonds. The largest absolute Gasteiger partial charge is 0.465 e. The number of amides is 2. The fourth-order valence-corrected chi connectivity index (χ4v) is 2.43. The van der Waals surface area contributed by atoms with Crippen molar-refractivity contribution in [2.75, 3.05) is 19.0 Å². The zero-order chi connectivity index (χ0) is 18.9. The molecule has 0 radical (unpaired) electrons. The quantitative estimate of drug-likeness (QED) is 0.575. The van der Waals surface area contributed by atoms with Crippen molar-refractivity contribution < 1.29 is 19.1 Å². The third-order valence-electron chi connectivity index (χ3n) is 3.56. The van der Waals surface area contributed by atoms with Gasteiger partial charge in [-0.25, -0.2) is 4.79 Å². The molecule has 0 aliphatic heterocycles. The van der Waals surface area contributed by atoms with Crippen LogP contribution in [-0.2, 0) is 9.53 Å². The van der Waals surface area contributed by atoms with Gasteiger partial charge in [0.05, 0.1) is 17.7 Å². The Morgan fingerprint density at radius 1 is 1.08 bits per heavy atom. The van der Waals surface area contributed by atoms with Crippen LogP contribution in [0.1, 0.15) is 33.6 Å². The van der Waals surface area contributed by atoms with E-state index in [2.05, 4.69) is 15.4 Å². The summed E-state index contributed by atoms with van der Waals surface area (Å²) in [5.74, 6) is -0.974. The molecule has 0 heterocycles. The first-order valence-corrected chi connectivity index (χ1v) is 8.40. The maximum atomic E-state index is 12.0. The number of hydrogen-bond acceptors (Lipinski definition) is 4. The fraction of sp³-hybridized carbons (Fsp3) is 0.211. The second-order valence-electron chi connectivity index (χ2n) is 5.46. The van der Waals surface area contributed by atoms with Crippen molar-refractivity contribution in [2.24, 2.45) is 0 Å². The molecule has 2 aromatic rings.